The van der Waals surface area contributed by atoms with E-state index in [1.807, 2.05) is 0 Å². The first-order chi connectivity index (χ1) is 14.3. The van der Waals surface area contributed by atoms with Crippen molar-refractivity contribution >= 4 is 35.1 Å². The molecule has 0 aromatic heterocycles. The van der Waals surface area contributed by atoms with Crippen LogP contribution in [0.5, 0.6) is 11.5 Å². The van der Waals surface area contributed by atoms with Crippen molar-refractivity contribution in [3.8, 4) is 11.5 Å². The van der Waals surface area contributed by atoms with E-state index < -0.39 is 18.2 Å². The van der Waals surface area contributed by atoms with Crippen LogP contribution in [0.25, 0.3) is 0 Å². The number of hydrogen-bond acceptors (Lipinski definition) is 5. The van der Waals surface area contributed by atoms with E-state index in [-0.39, 0.29) is 27.2 Å². The second-order valence-electron chi connectivity index (χ2n) is 6.55. The topological polar surface area (TPSA) is 69.7 Å². The molecule has 0 amide bonds. The van der Waals surface area contributed by atoms with E-state index in [1.54, 1.807) is 43.3 Å². The predicted octanol–water partition coefficient (Wildman–Crippen LogP) is 5.33. The smallest absolute Gasteiger partial charge is 0.248 e. The van der Waals surface area contributed by atoms with Crippen LogP contribution in [0.4, 0.5) is 0 Å². The summed E-state index contributed by atoms with van der Waals surface area (Å²) in [5.41, 5.74) is -0.980. The Morgan fingerprint density at radius 3 is 2.17 bits per heavy atom. The number of methoxy groups -OCH3 is 2. The summed E-state index contributed by atoms with van der Waals surface area (Å²) < 4.78 is 24.8. The molecule has 0 aliphatic rings. The highest BCUT2D eigenvalue weighted by atomic mass is 35.5. The maximum absolute atomic E-state index is 14.3. The van der Waals surface area contributed by atoms with Gasteiger partial charge in [-0.2, -0.15) is 0 Å². The van der Waals surface area contributed by atoms with Crippen molar-refractivity contribution in [3.05, 3.63) is 88.4 Å². The van der Waals surface area contributed by atoms with Crippen LogP contribution in [0.1, 0.15) is 26.3 Å². The van der Waals surface area contributed by atoms with E-state index in [0.717, 1.165) is 0 Å². The first kappa shape index (κ1) is 21.8. The zero-order chi connectivity index (χ0) is 21.9. The molecule has 3 aromatic rings. The molecular weight excluding hydrogens is 423 g/mol. The second-order valence-corrected chi connectivity index (χ2v) is 9.51. The monoisotopic (exact) mass is 442 g/mol. The summed E-state index contributed by atoms with van der Waals surface area (Å²) >= 11 is 6.27. The van der Waals surface area contributed by atoms with Crippen LogP contribution < -0.4 is 14.8 Å². The Morgan fingerprint density at radius 1 is 0.867 bits per heavy atom. The molecule has 0 spiro atoms. The zero-order valence-electron chi connectivity index (χ0n) is 16.7. The van der Waals surface area contributed by atoms with Gasteiger partial charge >= 0.3 is 0 Å². The molecule has 154 valence electrons. The molecule has 0 radical (unpaired) electrons. The molecule has 0 N–H and O–H groups in total. The Kier molecular flexibility index (Phi) is 6.45. The molecular formula is C23H20ClO5P. The highest BCUT2D eigenvalue weighted by Crippen LogP contribution is 2.53. The van der Waals surface area contributed by atoms with Gasteiger partial charge in [0.1, 0.15) is 11.5 Å². The molecule has 0 saturated carbocycles. The van der Waals surface area contributed by atoms with Gasteiger partial charge in [0.2, 0.25) is 18.2 Å². The SMILES string of the molecule is COc1ccc(C(=O)P(=O)(C(=O)c2c(C)cccc2Cl)c2ccccc2)c(OC)c1. The van der Waals surface area contributed by atoms with E-state index in [9.17, 15) is 14.2 Å². The van der Waals surface area contributed by atoms with Gasteiger partial charge in [-0.05, 0) is 30.7 Å². The highest BCUT2D eigenvalue weighted by molar-refractivity contribution is 8.01. The van der Waals surface area contributed by atoms with Crippen LogP contribution in [0, 0.1) is 6.92 Å². The number of carbonyl (C=O) groups is 2. The van der Waals surface area contributed by atoms with Gasteiger partial charge < -0.3 is 14.0 Å². The third-order valence-electron chi connectivity index (χ3n) is 4.77. The van der Waals surface area contributed by atoms with Crippen molar-refractivity contribution < 1.29 is 23.6 Å². The Balaban J connectivity index is 2.26. The molecule has 0 fully saturated rings. The molecule has 3 rings (SSSR count). The lowest BCUT2D eigenvalue weighted by Crippen LogP contribution is -2.21. The Labute approximate surface area is 180 Å². The first-order valence-corrected chi connectivity index (χ1v) is 11.2. The average Bonchev–Trinajstić information content (AvgIpc) is 2.77. The van der Waals surface area contributed by atoms with Gasteiger partial charge in [0, 0.05) is 16.9 Å². The van der Waals surface area contributed by atoms with Gasteiger partial charge in [-0.3, -0.25) is 9.59 Å². The number of benzene rings is 3. The minimum atomic E-state index is -4.30. The Hall–Kier alpha value is -2.88. The molecule has 1 atom stereocenters. The van der Waals surface area contributed by atoms with Crippen LogP contribution in [-0.2, 0) is 4.57 Å². The lowest BCUT2D eigenvalue weighted by atomic mass is 10.1. The second kappa shape index (κ2) is 8.86. The number of rotatable bonds is 7. The Bertz CT molecular complexity index is 1140. The van der Waals surface area contributed by atoms with E-state index in [2.05, 4.69) is 0 Å². The van der Waals surface area contributed by atoms with Crippen LogP contribution in [0.2, 0.25) is 5.02 Å². The zero-order valence-corrected chi connectivity index (χ0v) is 18.4. The molecule has 0 bridgehead atoms. The largest absolute Gasteiger partial charge is 0.497 e. The third-order valence-corrected chi connectivity index (χ3v) is 7.72. The van der Waals surface area contributed by atoms with Crippen molar-refractivity contribution in [2.24, 2.45) is 0 Å². The van der Waals surface area contributed by atoms with Gasteiger partial charge in [0.05, 0.1) is 24.8 Å². The standard InChI is InChI=1S/C23H20ClO5P/c1-15-8-7-11-19(24)21(15)23(26)30(27,17-9-5-4-6-10-17)22(25)18-13-12-16(28-2)14-20(18)29-3/h4-14H,1-3H3. The predicted molar refractivity (Wildman–Crippen MR) is 118 cm³/mol. The van der Waals surface area contributed by atoms with Crippen molar-refractivity contribution in [1.29, 1.82) is 0 Å². The number of hydrogen-bond donors (Lipinski definition) is 0. The van der Waals surface area contributed by atoms with E-state index in [4.69, 9.17) is 21.1 Å². The normalized spacial score (nSPS) is 12.7. The number of aryl methyl sites for hydroxylation is 1. The minimum absolute atomic E-state index is 0.0311. The van der Waals surface area contributed by atoms with Crippen molar-refractivity contribution in [2.45, 2.75) is 6.92 Å². The summed E-state index contributed by atoms with van der Waals surface area (Å²) in [6.45, 7) is 1.69. The van der Waals surface area contributed by atoms with Crippen LogP contribution in [-0.4, -0.2) is 25.3 Å². The van der Waals surface area contributed by atoms with Gasteiger partial charge in [0.25, 0.3) is 0 Å². The maximum atomic E-state index is 14.3. The van der Waals surface area contributed by atoms with E-state index in [1.165, 1.54) is 44.6 Å². The lowest BCUT2D eigenvalue weighted by Gasteiger charge is -2.19. The average molecular weight is 443 g/mol. The summed E-state index contributed by atoms with van der Waals surface area (Å²) in [5, 5.41) is 0.280. The molecule has 7 heteroatoms. The maximum Gasteiger partial charge on any atom is 0.248 e. The fourth-order valence-electron chi connectivity index (χ4n) is 3.17. The van der Waals surface area contributed by atoms with Crippen LogP contribution >= 0.6 is 18.7 Å². The van der Waals surface area contributed by atoms with E-state index >= 15 is 0 Å². The van der Waals surface area contributed by atoms with E-state index in [0.29, 0.717) is 11.3 Å². The molecule has 30 heavy (non-hydrogen) atoms. The molecule has 0 aliphatic carbocycles. The highest BCUT2D eigenvalue weighted by Gasteiger charge is 2.44. The van der Waals surface area contributed by atoms with Crippen LogP contribution in [0.15, 0.2) is 66.7 Å². The number of ether oxygens (including phenoxy) is 2. The van der Waals surface area contributed by atoms with Crippen molar-refractivity contribution in [3.63, 3.8) is 0 Å². The molecule has 0 saturated heterocycles. The fourth-order valence-corrected chi connectivity index (χ4v) is 5.92. The minimum Gasteiger partial charge on any atom is -0.497 e. The van der Waals surface area contributed by atoms with Crippen molar-refractivity contribution in [1.82, 2.24) is 0 Å². The van der Waals surface area contributed by atoms with Crippen molar-refractivity contribution in [2.75, 3.05) is 14.2 Å². The van der Waals surface area contributed by atoms with Gasteiger partial charge in [0.15, 0.2) is 0 Å². The molecule has 0 aliphatic heterocycles. The van der Waals surface area contributed by atoms with Gasteiger partial charge in [-0.1, -0.05) is 54.1 Å². The first-order valence-electron chi connectivity index (χ1n) is 9.07. The van der Waals surface area contributed by atoms with Gasteiger partial charge in [-0.25, -0.2) is 0 Å². The molecule has 0 heterocycles. The molecule has 5 nitrogen and oxygen atoms in total. The third kappa shape index (κ3) is 3.79. The summed E-state index contributed by atoms with van der Waals surface area (Å²) in [7, 11) is -1.43. The number of halogens is 1. The Morgan fingerprint density at radius 2 is 1.57 bits per heavy atom. The molecule has 1 unspecified atom stereocenters. The van der Waals surface area contributed by atoms with Gasteiger partial charge in [-0.15, -0.1) is 0 Å². The lowest BCUT2D eigenvalue weighted by molar-refractivity contribution is 0.103. The summed E-state index contributed by atoms with van der Waals surface area (Å²) in [4.78, 5) is 27.2. The summed E-state index contributed by atoms with van der Waals surface area (Å²) in [5.74, 6) is 0.630. The van der Waals surface area contributed by atoms with Crippen LogP contribution in [0.3, 0.4) is 0 Å². The number of carbonyl (C=O) groups excluding carboxylic acids is 2. The fraction of sp³-hybridized carbons (Fsp3) is 0.130. The summed E-state index contributed by atoms with van der Waals surface area (Å²) in [6, 6.07) is 17.4. The summed E-state index contributed by atoms with van der Waals surface area (Å²) in [6.07, 6.45) is 0. The quantitative estimate of drug-likeness (QED) is 0.462. The molecule has 3 aromatic carbocycles.